The maximum absolute atomic E-state index is 12.2. The molecule has 2 aromatic carbocycles. The van der Waals surface area contributed by atoms with E-state index >= 15 is 0 Å². The van der Waals surface area contributed by atoms with Crippen molar-refractivity contribution in [1.82, 2.24) is 0 Å². The van der Waals surface area contributed by atoms with E-state index in [9.17, 15) is 24.3 Å². The zero-order valence-corrected chi connectivity index (χ0v) is 27.9. The number of phenolic OH excluding ortho intramolecular Hbond substituents is 1. The molecule has 15 nitrogen and oxygen atoms in total. The first-order valence-electron chi connectivity index (χ1n) is 15.6. The number of esters is 4. The first-order valence-corrected chi connectivity index (χ1v) is 15.6. The molecule has 3 aliphatic heterocycles. The highest BCUT2D eigenvalue weighted by Gasteiger charge is 2.54. The van der Waals surface area contributed by atoms with Gasteiger partial charge in [0.2, 0.25) is 12.4 Å². The first-order chi connectivity index (χ1) is 23.4. The maximum atomic E-state index is 12.2. The second-order valence-corrected chi connectivity index (χ2v) is 11.9. The number of carbonyl (C=O) groups excluding carboxylic acids is 4. The standard InChI is InChI=1S/C34H40O15/c1-16(35)42-15-28-31(45-17(2)36)32(46-18(3)37)33(47-19(4)38)34(49-28)48-25-10-8-21(12-27(25)41-6)30-23-14-43-29(22(23)13-44-30)20-7-9-24(39)26(11-20)40-5/h7-12,22-23,28-34,39H,13-15H2,1-6H3/t22-,23-,28+,29+,30+,31+,32-,33+,34+/m0/s1. The Kier molecular flexibility index (Phi) is 11.2. The smallest absolute Gasteiger partial charge is 0.303 e. The van der Waals surface area contributed by atoms with Crippen LogP contribution < -0.4 is 14.2 Å². The second-order valence-electron chi connectivity index (χ2n) is 11.9. The topological polar surface area (TPSA) is 181 Å². The number of phenols is 1. The van der Waals surface area contributed by atoms with E-state index in [-0.39, 0.29) is 41.3 Å². The Bertz CT molecular complexity index is 1540. The number of fused-ring (bicyclic) bond motifs is 1. The van der Waals surface area contributed by atoms with Crippen molar-refractivity contribution in [3.8, 4) is 23.0 Å². The zero-order valence-electron chi connectivity index (χ0n) is 27.9. The van der Waals surface area contributed by atoms with Gasteiger partial charge in [0.25, 0.3) is 0 Å². The molecule has 15 heteroatoms. The molecule has 2 aromatic rings. The number of carbonyl (C=O) groups is 4. The summed E-state index contributed by atoms with van der Waals surface area (Å²) in [5.41, 5.74) is 1.67. The lowest BCUT2D eigenvalue weighted by molar-refractivity contribution is -0.288. The number of methoxy groups -OCH3 is 2. The first kappa shape index (κ1) is 35.7. The van der Waals surface area contributed by atoms with Gasteiger partial charge in [-0.1, -0.05) is 12.1 Å². The molecule has 3 heterocycles. The third-order valence-corrected chi connectivity index (χ3v) is 8.50. The number of aromatic hydroxyl groups is 1. The Morgan fingerprint density at radius 3 is 1.78 bits per heavy atom. The molecular weight excluding hydrogens is 648 g/mol. The molecule has 9 atom stereocenters. The SMILES string of the molecule is COc1cc([C@H]2OC[C@H]3[C@@H]2CO[C@@H]3c2ccc(O[C@@H]3O[C@H](COC(C)=O)[C@@H](OC(C)=O)[C@H](OC(C)=O)[C@H]3OC(C)=O)c(OC)c2)ccc1O. The molecule has 5 rings (SSSR count). The molecule has 0 saturated carbocycles. The van der Waals surface area contributed by atoms with E-state index in [4.69, 9.17) is 47.4 Å². The third-order valence-electron chi connectivity index (χ3n) is 8.50. The summed E-state index contributed by atoms with van der Waals surface area (Å²) in [6.45, 7) is 5.10. The van der Waals surface area contributed by atoms with Crippen LogP contribution in [0.5, 0.6) is 23.0 Å². The highest BCUT2D eigenvalue weighted by Crippen LogP contribution is 2.51. The predicted octanol–water partition coefficient (Wildman–Crippen LogP) is 2.95. The minimum atomic E-state index is -1.43. The summed E-state index contributed by atoms with van der Waals surface area (Å²) in [7, 11) is 2.94. The molecule has 266 valence electrons. The number of rotatable bonds is 11. The monoisotopic (exact) mass is 688 g/mol. The van der Waals surface area contributed by atoms with Gasteiger partial charge in [-0.05, 0) is 35.4 Å². The van der Waals surface area contributed by atoms with Crippen LogP contribution in [0.25, 0.3) is 0 Å². The lowest BCUT2D eigenvalue weighted by atomic mass is 9.85. The summed E-state index contributed by atoms with van der Waals surface area (Å²) in [5, 5.41) is 10.0. The van der Waals surface area contributed by atoms with Gasteiger partial charge in [-0.2, -0.15) is 0 Å². The van der Waals surface area contributed by atoms with E-state index in [0.29, 0.717) is 19.0 Å². The molecular formula is C34H40O15. The van der Waals surface area contributed by atoms with E-state index < -0.39 is 61.2 Å². The van der Waals surface area contributed by atoms with E-state index in [1.807, 2.05) is 0 Å². The summed E-state index contributed by atoms with van der Waals surface area (Å²) in [6, 6.07) is 10.3. The van der Waals surface area contributed by atoms with Gasteiger partial charge in [0.05, 0.1) is 39.6 Å². The molecule has 0 spiro atoms. The Morgan fingerprint density at radius 2 is 1.22 bits per heavy atom. The van der Waals surface area contributed by atoms with Gasteiger partial charge in [-0.3, -0.25) is 19.2 Å². The number of hydrogen-bond acceptors (Lipinski definition) is 15. The van der Waals surface area contributed by atoms with Crippen LogP contribution in [0.2, 0.25) is 0 Å². The normalized spacial score (nSPS) is 28.9. The zero-order chi connectivity index (χ0) is 35.4. The van der Waals surface area contributed by atoms with Crippen molar-refractivity contribution in [1.29, 1.82) is 0 Å². The molecule has 3 saturated heterocycles. The Morgan fingerprint density at radius 1 is 0.694 bits per heavy atom. The van der Waals surface area contributed by atoms with Crippen LogP contribution in [-0.4, -0.2) is 93.7 Å². The number of ether oxygens (including phenoxy) is 10. The third kappa shape index (κ3) is 8.00. The molecule has 0 amide bonds. The van der Waals surface area contributed by atoms with Crippen molar-refractivity contribution in [2.24, 2.45) is 11.8 Å². The second kappa shape index (κ2) is 15.3. The van der Waals surface area contributed by atoms with Gasteiger partial charge in [0, 0.05) is 39.5 Å². The lowest BCUT2D eigenvalue weighted by Gasteiger charge is -2.44. The molecule has 0 aromatic heterocycles. The fraction of sp³-hybridized carbons (Fsp3) is 0.529. The van der Waals surface area contributed by atoms with Gasteiger partial charge in [0.1, 0.15) is 12.7 Å². The predicted molar refractivity (Wildman–Crippen MR) is 165 cm³/mol. The Hall–Kier alpha value is -4.60. The molecule has 1 N–H and O–H groups in total. The van der Waals surface area contributed by atoms with Crippen molar-refractivity contribution in [2.45, 2.75) is 70.6 Å². The van der Waals surface area contributed by atoms with Crippen LogP contribution >= 0.6 is 0 Å². The fourth-order valence-corrected chi connectivity index (χ4v) is 6.47. The van der Waals surface area contributed by atoms with E-state index in [2.05, 4.69) is 0 Å². The van der Waals surface area contributed by atoms with E-state index in [1.165, 1.54) is 21.1 Å². The van der Waals surface area contributed by atoms with Crippen LogP contribution in [0, 0.1) is 11.8 Å². The molecule has 0 bridgehead atoms. The summed E-state index contributed by atoms with van der Waals surface area (Å²) in [5.74, 6) is -1.96. The summed E-state index contributed by atoms with van der Waals surface area (Å²) < 4.78 is 57.3. The quantitative estimate of drug-likeness (QED) is 0.269. The van der Waals surface area contributed by atoms with Crippen molar-refractivity contribution in [2.75, 3.05) is 34.0 Å². The molecule has 0 aliphatic carbocycles. The maximum Gasteiger partial charge on any atom is 0.303 e. The minimum Gasteiger partial charge on any atom is -0.504 e. The van der Waals surface area contributed by atoms with E-state index in [1.54, 1.807) is 36.4 Å². The van der Waals surface area contributed by atoms with Crippen molar-refractivity contribution < 1.29 is 71.7 Å². The molecule has 49 heavy (non-hydrogen) atoms. The molecule has 3 fully saturated rings. The lowest BCUT2D eigenvalue weighted by Crippen LogP contribution is -2.63. The van der Waals surface area contributed by atoms with Gasteiger partial charge in [-0.15, -0.1) is 0 Å². The number of benzene rings is 2. The van der Waals surface area contributed by atoms with Crippen LogP contribution in [0.15, 0.2) is 36.4 Å². The molecule has 0 radical (unpaired) electrons. The molecule has 0 unspecified atom stereocenters. The summed E-state index contributed by atoms with van der Waals surface area (Å²) >= 11 is 0. The molecule has 3 aliphatic rings. The van der Waals surface area contributed by atoms with Crippen LogP contribution in [0.1, 0.15) is 51.0 Å². The average Bonchev–Trinajstić information content (AvgIpc) is 3.65. The van der Waals surface area contributed by atoms with Crippen molar-refractivity contribution in [3.63, 3.8) is 0 Å². The van der Waals surface area contributed by atoms with Gasteiger partial charge >= 0.3 is 23.9 Å². The van der Waals surface area contributed by atoms with Crippen LogP contribution in [0.4, 0.5) is 0 Å². The highest BCUT2D eigenvalue weighted by atomic mass is 16.7. The van der Waals surface area contributed by atoms with E-state index in [0.717, 1.165) is 31.9 Å². The largest absolute Gasteiger partial charge is 0.504 e. The van der Waals surface area contributed by atoms with Gasteiger partial charge in [0.15, 0.2) is 35.2 Å². The van der Waals surface area contributed by atoms with Crippen LogP contribution in [0.3, 0.4) is 0 Å². The highest BCUT2D eigenvalue weighted by molar-refractivity contribution is 5.68. The van der Waals surface area contributed by atoms with Crippen molar-refractivity contribution >= 4 is 23.9 Å². The fourth-order valence-electron chi connectivity index (χ4n) is 6.47. The van der Waals surface area contributed by atoms with Gasteiger partial charge < -0.3 is 52.5 Å². The van der Waals surface area contributed by atoms with Crippen LogP contribution in [-0.2, 0) is 52.3 Å². The summed E-state index contributed by atoms with van der Waals surface area (Å²) in [6.07, 6.45) is -7.30. The minimum absolute atomic E-state index is 0.0148. The Labute approximate surface area is 282 Å². The average molecular weight is 689 g/mol. The Balaban J connectivity index is 1.40. The van der Waals surface area contributed by atoms with Gasteiger partial charge in [-0.25, -0.2) is 0 Å². The van der Waals surface area contributed by atoms with Crippen molar-refractivity contribution in [3.05, 3.63) is 47.5 Å². The number of hydrogen-bond donors (Lipinski definition) is 1. The summed E-state index contributed by atoms with van der Waals surface area (Å²) in [4.78, 5) is 48.1.